The van der Waals surface area contributed by atoms with Gasteiger partial charge >= 0.3 is 0 Å². The number of nitrogen functional groups attached to an aromatic ring is 1. The number of thiophene rings is 1. The predicted molar refractivity (Wildman–Crippen MR) is 113 cm³/mol. The molecule has 0 saturated carbocycles. The van der Waals surface area contributed by atoms with Crippen molar-refractivity contribution in [3.8, 4) is 0 Å². The Morgan fingerprint density at radius 3 is 2.89 bits per heavy atom. The molecule has 3 aromatic rings. The summed E-state index contributed by atoms with van der Waals surface area (Å²) in [7, 11) is 3.48. The largest absolute Gasteiger partial charge is 0.397 e. The molecular formula is C21H25N5OS. The fourth-order valence-corrected chi connectivity index (χ4v) is 4.90. The van der Waals surface area contributed by atoms with Gasteiger partial charge in [0.1, 0.15) is 9.71 Å². The zero-order chi connectivity index (χ0) is 19.7. The minimum atomic E-state index is -0.0727. The van der Waals surface area contributed by atoms with E-state index in [2.05, 4.69) is 22.0 Å². The van der Waals surface area contributed by atoms with E-state index in [4.69, 9.17) is 10.7 Å². The topological polar surface area (TPSA) is 75.4 Å². The lowest BCUT2D eigenvalue weighted by Crippen LogP contribution is -2.33. The first-order chi connectivity index (χ1) is 13.5. The van der Waals surface area contributed by atoms with Crippen LogP contribution in [0.1, 0.15) is 46.4 Å². The van der Waals surface area contributed by atoms with Crippen LogP contribution in [0.25, 0.3) is 10.2 Å². The van der Waals surface area contributed by atoms with Gasteiger partial charge in [-0.05, 0) is 43.7 Å². The van der Waals surface area contributed by atoms with Gasteiger partial charge in [0.2, 0.25) is 0 Å². The number of anilines is 1. The zero-order valence-electron chi connectivity index (χ0n) is 16.3. The average molecular weight is 396 g/mol. The maximum Gasteiger partial charge on any atom is 0.265 e. The Bertz CT molecular complexity index is 985. The van der Waals surface area contributed by atoms with Gasteiger partial charge in [0.25, 0.3) is 5.91 Å². The molecule has 4 rings (SSSR count). The van der Waals surface area contributed by atoms with Gasteiger partial charge in [-0.2, -0.15) is 0 Å². The third-order valence-corrected chi connectivity index (χ3v) is 6.37. The predicted octanol–water partition coefficient (Wildman–Crippen LogP) is 3.70. The van der Waals surface area contributed by atoms with E-state index in [0.717, 1.165) is 41.1 Å². The van der Waals surface area contributed by atoms with Crippen molar-refractivity contribution in [2.75, 3.05) is 26.4 Å². The number of likely N-dealkylation sites (tertiary alicyclic amines) is 1. The van der Waals surface area contributed by atoms with E-state index >= 15 is 0 Å². The second kappa shape index (κ2) is 7.85. The highest BCUT2D eigenvalue weighted by atomic mass is 32.1. The van der Waals surface area contributed by atoms with E-state index in [0.29, 0.717) is 10.6 Å². The molecule has 1 amide bonds. The molecule has 2 N–H and O–H groups in total. The quantitative estimate of drug-likeness (QED) is 0.729. The Morgan fingerprint density at radius 2 is 2.14 bits per heavy atom. The summed E-state index contributed by atoms with van der Waals surface area (Å²) in [5.74, 6) is -0.0727. The summed E-state index contributed by atoms with van der Waals surface area (Å²) in [6.07, 6.45) is 5.31. The summed E-state index contributed by atoms with van der Waals surface area (Å²) in [5.41, 5.74) is 8.90. The number of carbonyl (C=O) groups excluding carboxylic acids is 1. The third kappa shape index (κ3) is 3.59. The number of carbonyl (C=O) groups is 1. The highest BCUT2D eigenvalue weighted by Gasteiger charge is 2.26. The first-order valence-corrected chi connectivity index (χ1v) is 10.4. The molecular weight excluding hydrogens is 370 g/mol. The van der Waals surface area contributed by atoms with Crippen LogP contribution in [0, 0.1) is 0 Å². The lowest BCUT2D eigenvalue weighted by molar-refractivity contribution is 0.0833. The molecule has 1 fully saturated rings. The van der Waals surface area contributed by atoms with Crippen LogP contribution in [0.4, 0.5) is 5.69 Å². The lowest BCUT2D eigenvalue weighted by Gasteiger charge is -2.35. The number of nitrogens with two attached hydrogens (primary N) is 1. The summed E-state index contributed by atoms with van der Waals surface area (Å²) in [6, 6.07) is 10.4. The average Bonchev–Trinajstić information content (AvgIpc) is 3.04. The smallest absolute Gasteiger partial charge is 0.265 e. The van der Waals surface area contributed by atoms with Crippen molar-refractivity contribution in [2.45, 2.75) is 31.8 Å². The SMILES string of the molecule is CN(C)C(=O)c1sc2nc(C3CCCCN3Cc3ccccn3)ccc2c1N. The van der Waals surface area contributed by atoms with E-state index < -0.39 is 0 Å². The van der Waals surface area contributed by atoms with Crippen LogP contribution < -0.4 is 5.73 Å². The Hall–Kier alpha value is -2.51. The summed E-state index contributed by atoms with van der Waals surface area (Å²) in [5, 5.41) is 0.867. The van der Waals surface area contributed by atoms with Crippen molar-refractivity contribution in [1.29, 1.82) is 0 Å². The Balaban J connectivity index is 1.65. The number of amides is 1. The van der Waals surface area contributed by atoms with Crippen molar-refractivity contribution in [1.82, 2.24) is 19.8 Å². The molecule has 1 saturated heterocycles. The molecule has 1 aliphatic rings. The van der Waals surface area contributed by atoms with Crippen LogP contribution >= 0.6 is 11.3 Å². The van der Waals surface area contributed by atoms with Gasteiger partial charge < -0.3 is 10.6 Å². The summed E-state index contributed by atoms with van der Waals surface area (Å²) < 4.78 is 0. The van der Waals surface area contributed by atoms with E-state index in [1.165, 1.54) is 24.2 Å². The molecule has 4 heterocycles. The standard InChI is InChI=1S/C21H25N5OS/c1-25(2)21(27)19-18(22)15-9-10-16(24-20(15)28-19)17-8-4-6-12-26(17)13-14-7-3-5-11-23-14/h3,5,7,9-11,17H,4,6,8,12-13,22H2,1-2H3. The van der Waals surface area contributed by atoms with Gasteiger partial charge in [-0.3, -0.25) is 14.7 Å². The molecule has 1 unspecified atom stereocenters. The third-order valence-electron chi connectivity index (χ3n) is 5.26. The van der Waals surface area contributed by atoms with Crippen LogP contribution in [0.5, 0.6) is 0 Å². The molecule has 1 aliphatic heterocycles. The first-order valence-electron chi connectivity index (χ1n) is 9.59. The molecule has 6 nitrogen and oxygen atoms in total. The van der Waals surface area contributed by atoms with Crippen LogP contribution in [0.15, 0.2) is 36.5 Å². The lowest BCUT2D eigenvalue weighted by atomic mass is 9.98. The number of rotatable bonds is 4. The summed E-state index contributed by atoms with van der Waals surface area (Å²) in [4.78, 5) is 27.2. The van der Waals surface area contributed by atoms with Crippen molar-refractivity contribution in [3.05, 3.63) is 52.8 Å². The molecule has 3 aromatic heterocycles. The molecule has 7 heteroatoms. The fraction of sp³-hybridized carbons (Fsp3) is 0.381. The second-order valence-corrected chi connectivity index (χ2v) is 8.44. The van der Waals surface area contributed by atoms with E-state index in [1.807, 2.05) is 24.4 Å². The first kappa shape index (κ1) is 18.8. The maximum atomic E-state index is 12.4. The van der Waals surface area contributed by atoms with Gasteiger partial charge in [-0.15, -0.1) is 11.3 Å². The molecule has 0 aromatic carbocycles. The number of hydrogen-bond donors (Lipinski definition) is 1. The van der Waals surface area contributed by atoms with E-state index in [9.17, 15) is 4.79 Å². The molecule has 1 atom stereocenters. The number of pyridine rings is 2. The molecule has 0 bridgehead atoms. The van der Waals surface area contributed by atoms with Crippen molar-refractivity contribution in [3.63, 3.8) is 0 Å². The molecule has 0 spiro atoms. The number of nitrogens with zero attached hydrogens (tertiary/aromatic N) is 4. The number of piperidine rings is 1. The minimum absolute atomic E-state index is 0.0727. The maximum absolute atomic E-state index is 12.4. The highest BCUT2D eigenvalue weighted by molar-refractivity contribution is 7.21. The molecule has 0 aliphatic carbocycles. The van der Waals surface area contributed by atoms with E-state index in [-0.39, 0.29) is 11.9 Å². The monoisotopic (exact) mass is 395 g/mol. The minimum Gasteiger partial charge on any atom is -0.397 e. The summed E-state index contributed by atoms with van der Waals surface area (Å²) in [6.45, 7) is 1.86. The van der Waals surface area contributed by atoms with Crippen molar-refractivity contribution < 1.29 is 4.79 Å². The fourth-order valence-electron chi connectivity index (χ4n) is 3.77. The Morgan fingerprint density at radius 1 is 1.29 bits per heavy atom. The Kier molecular flexibility index (Phi) is 5.28. The highest BCUT2D eigenvalue weighted by Crippen LogP contribution is 2.36. The molecule has 146 valence electrons. The molecule has 0 radical (unpaired) electrons. The number of aromatic nitrogens is 2. The van der Waals surface area contributed by atoms with Gasteiger partial charge in [0, 0.05) is 32.2 Å². The van der Waals surface area contributed by atoms with Gasteiger partial charge in [-0.1, -0.05) is 12.5 Å². The van der Waals surface area contributed by atoms with Crippen LogP contribution in [-0.4, -0.2) is 46.3 Å². The normalized spacial score (nSPS) is 17.7. The molecule has 28 heavy (non-hydrogen) atoms. The Labute approximate surface area is 169 Å². The van der Waals surface area contributed by atoms with Crippen LogP contribution in [-0.2, 0) is 6.54 Å². The van der Waals surface area contributed by atoms with Crippen molar-refractivity contribution >= 4 is 33.1 Å². The van der Waals surface area contributed by atoms with Crippen molar-refractivity contribution in [2.24, 2.45) is 0 Å². The zero-order valence-corrected chi connectivity index (χ0v) is 17.1. The van der Waals surface area contributed by atoms with Gasteiger partial charge in [0.15, 0.2) is 0 Å². The number of fused-ring (bicyclic) bond motifs is 1. The van der Waals surface area contributed by atoms with E-state index in [1.54, 1.807) is 19.0 Å². The summed E-state index contributed by atoms with van der Waals surface area (Å²) >= 11 is 1.39. The second-order valence-electron chi connectivity index (χ2n) is 7.44. The van der Waals surface area contributed by atoms with Crippen LogP contribution in [0.2, 0.25) is 0 Å². The van der Waals surface area contributed by atoms with Crippen LogP contribution in [0.3, 0.4) is 0 Å². The van der Waals surface area contributed by atoms with Gasteiger partial charge in [-0.25, -0.2) is 4.98 Å². The number of hydrogen-bond acceptors (Lipinski definition) is 6. The van der Waals surface area contributed by atoms with Gasteiger partial charge in [0.05, 0.1) is 23.1 Å².